The number of hydrogen-bond donors (Lipinski definition) is 11. The summed E-state index contributed by atoms with van der Waals surface area (Å²) in [5.41, 5.74) is 0. The summed E-state index contributed by atoms with van der Waals surface area (Å²) in [6.45, 7) is 5.73. The normalized spacial score (nSPS) is 28.3. The number of unbranched alkanes of at least 4 members (excludes halogenated alkanes) is 30. The number of phosphoric ester groups is 1. The molecule has 0 amide bonds. The molecule has 0 radical (unpaired) electrons. The minimum absolute atomic E-state index is 0.00890. The lowest BCUT2D eigenvalue weighted by Crippen LogP contribution is -2.69. The van der Waals surface area contributed by atoms with Crippen molar-refractivity contribution in [2.45, 2.75) is 389 Å². The van der Waals surface area contributed by atoms with Gasteiger partial charge in [0.25, 0.3) is 0 Å². The van der Waals surface area contributed by atoms with Crippen molar-refractivity contribution in [3.63, 3.8) is 0 Å². The zero-order chi connectivity index (χ0) is 70.5. The van der Waals surface area contributed by atoms with Crippen molar-refractivity contribution in [1.82, 2.24) is 0 Å². The van der Waals surface area contributed by atoms with Crippen LogP contribution in [-0.4, -0.2) is 204 Å². The van der Waals surface area contributed by atoms with E-state index in [1.54, 1.807) is 0 Å². The second kappa shape index (κ2) is 52.6. The molecule has 2 saturated heterocycles. The van der Waals surface area contributed by atoms with Crippen LogP contribution in [0.5, 0.6) is 0 Å². The van der Waals surface area contributed by atoms with Crippen LogP contribution in [0.4, 0.5) is 0 Å². The SMILES string of the molecule is CCCCCCCC/C=C\CCCCCC(=O)OCC1OC(OC2C(O)C(O)C(O)C(OC3OC(CO)C(O)C(O)C3O)C2OP(=O)(O)OCC(COC(=O)CCCCCCCCCCCCCC)OC(=O)CCCCCCCCC(C)CCCCCCCC)C(O)C(O)C1O. The van der Waals surface area contributed by atoms with Gasteiger partial charge in [0.15, 0.2) is 18.7 Å². The molecule has 11 N–H and O–H groups in total. The lowest BCUT2D eigenvalue weighted by Gasteiger charge is -2.49. The summed E-state index contributed by atoms with van der Waals surface area (Å²) in [5.74, 6) is -1.32. The van der Waals surface area contributed by atoms with Crippen molar-refractivity contribution >= 4 is 25.7 Å². The van der Waals surface area contributed by atoms with Gasteiger partial charge in [0.1, 0.15) is 98.7 Å². The number of allylic oxidation sites excluding steroid dienone is 2. The van der Waals surface area contributed by atoms with Gasteiger partial charge in [-0.2, -0.15) is 0 Å². The Morgan fingerprint density at radius 1 is 0.427 bits per heavy atom. The molecule has 96 heavy (non-hydrogen) atoms. The lowest BCUT2D eigenvalue weighted by molar-refractivity contribution is -0.360. The van der Waals surface area contributed by atoms with Crippen molar-refractivity contribution < 1.29 is 117 Å². The number of aliphatic hydroxyl groups is 10. The molecule has 3 fully saturated rings. The average Bonchev–Trinajstić information content (AvgIpc) is 0.766. The highest BCUT2D eigenvalue weighted by atomic mass is 31.2. The van der Waals surface area contributed by atoms with Crippen LogP contribution in [0.3, 0.4) is 0 Å². The molecular weight excluding hydrogens is 1270 g/mol. The van der Waals surface area contributed by atoms with Crippen molar-refractivity contribution in [1.29, 1.82) is 0 Å². The van der Waals surface area contributed by atoms with Gasteiger partial charge in [-0.15, -0.1) is 0 Å². The quantitative estimate of drug-likeness (QED) is 0.00886. The summed E-state index contributed by atoms with van der Waals surface area (Å²) in [7, 11) is -5.69. The predicted molar refractivity (Wildman–Crippen MR) is 361 cm³/mol. The summed E-state index contributed by atoms with van der Waals surface area (Å²) in [6.07, 6.45) is 8.69. The van der Waals surface area contributed by atoms with E-state index in [4.69, 9.17) is 42.2 Å². The fourth-order valence-electron chi connectivity index (χ4n) is 12.5. The fraction of sp³-hybridized carbons (Fsp3) is 0.930. The van der Waals surface area contributed by atoms with Gasteiger partial charge >= 0.3 is 25.7 Å². The summed E-state index contributed by atoms with van der Waals surface area (Å²) >= 11 is 0. The molecule has 0 aromatic carbocycles. The third-order valence-corrected chi connectivity index (χ3v) is 19.7. The van der Waals surface area contributed by atoms with Crippen LogP contribution in [0.25, 0.3) is 0 Å². The smallest absolute Gasteiger partial charge is 0.463 e. The number of hydrogen-bond acceptors (Lipinski definition) is 23. The summed E-state index contributed by atoms with van der Waals surface area (Å²) in [6, 6.07) is 0. The number of carbonyl (C=O) groups is 3. The maximum atomic E-state index is 14.3. The van der Waals surface area contributed by atoms with E-state index < -0.39 is 156 Å². The number of carbonyl (C=O) groups excluding carboxylic acids is 3. The summed E-state index contributed by atoms with van der Waals surface area (Å²) in [4.78, 5) is 51.0. The Balaban J connectivity index is 1.75. The zero-order valence-electron chi connectivity index (χ0n) is 58.8. The molecule has 3 rings (SSSR count). The highest BCUT2D eigenvalue weighted by molar-refractivity contribution is 7.47. The number of rotatable bonds is 57. The maximum Gasteiger partial charge on any atom is 0.472 e. The van der Waals surface area contributed by atoms with Gasteiger partial charge in [-0.05, 0) is 50.9 Å². The third-order valence-electron chi connectivity index (χ3n) is 18.7. The number of esters is 3. The van der Waals surface area contributed by atoms with Crippen LogP contribution >= 0.6 is 7.82 Å². The van der Waals surface area contributed by atoms with Gasteiger partial charge in [0, 0.05) is 19.3 Å². The Bertz CT molecular complexity index is 2060. The van der Waals surface area contributed by atoms with Gasteiger partial charge in [-0.25, -0.2) is 4.57 Å². The van der Waals surface area contributed by atoms with E-state index in [9.17, 15) is 74.9 Å². The molecule has 1 saturated carbocycles. The van der Waals surface area contributed by atoms with Crippen molar-refractivity contribution in [3.05, 3.63) is 12.2 Å². The Hall–Kier alpha value is -2.30. The molecule has 0 bridgehead atoms. The molecule has 25 heteroatoms. The zero-order valence-corrected chi connectivity index (χ0v) is 59.7. The largest absolute Gasteiger partial charge is 0.472 e. The van der Waals surface area contributed by atoms with Crippen LogP contribution in [0.2, 0.25) is 0 Å². The minimum Gasteiger partial charge on any atom is -0.463 e. The van der Waals surface area contributed by atoms with Gasteiger partial charge < -0.3 is 89.1 Å². The van der Waals surface area contributed by atoms with Gasteiger partial charge in [-0.3, -0.25) is 23.4 Å². The first-order chi connectivity index (χ1) is 46.2. The van der Waals surface area contributed by atoms with Crippen molar-refractivity contribution in [2.24, 2.45) is 5.92 Å². The highest BCUT2D eigenvalue weighted by Crippen LogP contribution is 2.49. The Morgan fingerprint density at radius 3 is 1.24 bits per heavy atom. The molecule has 19 atom stereocenters. The van der Waals surface area contributed by atoms with Gasteiger partial charge in [-0.1, -0.05) is 232 Å². The Labute approximate surface area is 573 Å². The minimum atomic E-state index is -5.69. The summed E-state index contributed by atoms with van der Waals surface area (Å²) in [5, 5.41) is 110. The summed E-state index contributed by atoms with van der Waals surface area (Å²) < 4.78 is 65.0. The fourth-order valence-corrected chi connectivity index (χ4v) is 13.4. The number of phosphoric acid groups is 1. The van der Waals surface area contributed by atoms with E-state index in [0.29, 0.717) is 25.2 Å². The van der Waals surface area contributed by atoms with Crippen molar-refractivity contribution in [3.8, 4) is 0 Å². The second-order valence-electron chi connectivity index (χ2n) is 27.3. The molecule has 0 spiro atoms. The Kier molecular flexibility index (Phi) is 48.2. The number of ether oxygens (including phenoxy) is 7. The van der Waals surface area contributed by atoms with Crippen LogP contribution in [0, 0.1) is 5.92 Å². The highest BCUT2D eigenvalue weighted by Gasteiger charge is 2.58. The first-order valence-electron chi connectivity index (χ1n) is 37.4. The standard InChI is InChI=1S/C71H131O24P/c1-5-8-11-14-17-19-21-23-25-27-29-35-40-45-56(74)88-50-54-59(77)61(79)66(84)71(92-54)94-68-64(82)62(80)63(81)67(93-70-65(83)60(78)58(76)53(47-72)91-70)69(68)95-96(85,86)89-49-52(48-87-55(73)44-39-34-28-26-24-22-20-18-15-12-9-6-2)90-57(75)46-41-36-31-30-33-38-43-51(4)42-37-32-16-13-10-7-3/h23,25,51-54,58-72,76-84H,5-22,24,26-50H2,1-4H3,(H,85,86)/b25-23-. The molecule has 2 aliphatic heterocycles. The van der Waals surface area contributed by atoms with Crippen LogP contribution in [0.15, 0.2) is 12.2 Å². The molecule has 1 aliphatic carbocycles. The molecule has 564 valence electrons. The topological polar surface area (TPSA) is 374 Å². The molecule has 3 aliphatic rings. The molecule has 0 aromatic heterocycles. The van der Waals surface area contributed by atoms with Crippen LogP contribution in [-0.2, 0) is 61.2 Å². The predicted octanol–water partition coefficient (Wildman–Crippen LogP) is 9.82. The third kappa shape index (κ3) is 36.0. The first kappa shape index (κ1) is 87.9. The van der Waals surface area contributed by atoms with E-state index in [1.807, 2.05) is 0 Å². The lowest BCUT2D eigenvalue weighted by atomic mass is 9.84. The molecule has 0 aromatic rings. The number of aliphatic hydroxyl groups excluding tert-OH is 10. The van der Waals surface area contributed by atoms with E-state index in [0.717, 1.165) is 96.3 Å². The van der Waals surface area contributed by atoms with E-state index in [-0.39, 0.29) is 19.3 Å². The van der Waals surface area contributed by atoms with Crippen molar-refractivity contribution in [2.75, 3.05) is 26.4 Å². The van der Waals surface area contributed by atoms with E-state index in [2.05, 4.69) is 39.8 Å². The van der Waals surface area contributed by atoms with E-state index in [1.165, 1.54) is 122 Å². The first-order valence-corrected chi connectivity index (χ1v) is 38.9. The molecule has 2 heterocycles. The van der Waals surface area contributed by atoms with Gasteiger partial charge in [0.05, 0.1) is 13.2 Å². The maximum absolute atomic E-state index is 14.3. The second-order valence-corrected chi connectivity index (χ2v) is 28.7. The van der Waals surface area contributed by atoms with Crippen LogP contribution < -0.4 is 0 Å². The monoisotopic (exact) mass is 1400 g/mol. The van der Waals surface area contributed by atoms with Crippen LogP contribution in [0.1, 0.15) is 285 Å². The van der Waals surface area contributed by atoms with Gasteiger partial charge in [0.2, 0.25) is 0 Å². The van der Waals surface area contributed by atoms with E-state index >= 15 is 0 Å². The average molecular weight is 1400 g/mol. The Morgan fingerprint density at radius 2 is 0.792 bits per heavy atom. The molecule has 19 unspecified atom stereocenters. The molecular formula is C71H131O24P. The molecule has 24 nitrogen and oxygen atoms in total.